The van der Waals surface area contributed by atoms with Gasteiger partial charge in [-0.3, -0.25) is 0 Å². The third kappa shape index (κ3) is 1.92. The molecule has 1 aromatic rings. The van der Waals surface area contributed by atoms with Gasteiger partial charge in [-0.15, -0.1) is 0 Å². The van der Waals surface area contributed by atoms with Crippen molar-refractivity contribution in [2.24, 2.45) is 23.0 Å². The Morgan fingerprint density at radius 2 is 1.94 bits per heavy atom. The molecule has 16 heavy (non-hydrogen) atoms. The standard InChI is InChI=1S/C15H21N/c1-11(9-12-7-5-4-6-8-12)14-13(10-16)15(14,2)3/h4-9,13-14H,10,16H2,1-3H3/b11-9+. The van der Waals surface area contributed by atoms with Crippen molar-refractivity contribution in [1.29, 1.82) is 0 Å². The van der Waals surface area contributed by atoms with Gasteiger partial charge in [0.25, 0.3) is 0 Å². The highest BCUT2D eigenvalue weighted by atomic mass is 14.7. The second-order valence-electron chi connectivity index (χ2n) is 5.44. The van der Waals surface area contributed by atoms with Crippen LogP contribution in [0, 0.1) is 17.3 Å². The van der Waals surface area contributed by atoms with Gasteiger partial charge in [0.05, 0.1) is 0 Å². The minimum absolute atomic E-state index is 0.393. The molecule has 0 radical (unpaired) electrons. The fourth-order valence-corrected chi connectivity index (χ4v) is 2.99. The number of nitrogens with two attached hydrogens (primary N) is 1. The highest BCUT2D eigenvalue weighted by molar-refractivity contribution is 5.54. The van der Waals surface area contributed by atoms with Gasteiger partial charge in [-0.2, -0.15) is 0 Å². The molecule has 0 saturated heterocycles. The van der Waals surface area contributed by atoms with E-state index in [9.17, 15) is 0 Å². The van der Waals surface area contributed by atoms with Crippen LogP contribution in [0.4, 0.5) is 0 Å². The molecule has 0 heterocycles. The maximum Gasteiger partial charge on any atom is -0.00376 e. The zero-order valence-corrected chi connectivity index (χ0v) is 10.4. The minimum atomic E-state index is 0.393. The van der Waals surface area contributed by atoms with E-state index in [2.05, 4.69) is 57.2 Å². The topological polar surface area (TPSA) is 26.0 Å². The van der Waals surface area contributed by atoms with Crippen LogP contribution in [-0.4, -0.2) is 6.54 Å². The Labute approximate surface area is 98.4 Å². The molecule has 1 saturated carbocycles. The molecule has 2 rings (SSSR count). The summed E-state index contributed by atoms with van der Waals surface area (Å²) < 4.78 is 0. The van der Waals surface area contributed by atoms with Gasteiger partial charge in [0.2, 0.25) is 0 Å². The fourth-order valence-electron chi connectivity index (χ4n) is 2.99. The lowest BCUT2D eigenvalue weighted by molar-refractivity contribution is 0.552. The van der Waals surface area contributed by atoms with Crippen LogP contribution in [0.1, 0.15) is 26.3 Å². The van der Waals surface area contributed by atoms with Crippen LogP contribution in [0.3, 0.4) is 0 Å². The maximum absolute atomic E-state index is 5.80. The number of rotatable bonds is 3. The lowest BCUT2D eigenvalue weighted by atomic mass is 10.0. The van der Waals surface area contributed by atoms with Gasteiger partial charge < -0.3 is 5.73 Å². The molecule has 2 unspecified atom stereocenters. The van der Waals surface area contributed by atoms with Crippen molar-refractivity contribution in [3.8, 4) is 0 Å². The molecule has 1 aliphatic carbocycles. The fraction of sp³-hybridized carbons (Fsp3) is 0.467. The maximum atomic E-state index is 5.80. The van der Waals surface area contributed by atoms with Crippen LogP contribution in [0.5, 0.6) is 0 Å². The summed E-state index contributed by atoms with van der Waals surface area (Å²) in [4.78, 5) is 0. The minimum Gasteiger partial charge on any atom is -0.330 e. The quantitative estimate of drug-likeness (QED) is 0.822. The van der Waals surface area contributed by atoms with Crippen LogP contribution >= 0.6 is 0 Å². The number of hydrogen-bond acceptors (Lipinski definition) is 1. The van der Waals surface area contributed by atoms with Gasteiger partial charge in [0.1, 0.15) is 0 Å². The average Bonchev–Trinajstić information content (AvgIpc) is 2.82. The molecule has 2 atom stereocenters. The first kappa shape index (κ1) is 11.4. The molecule has 0 amide bonds. The SMILES string of the molecule is C/C(=C\c1ccccc1)C1C(CN)C1(C)C. The van der Waals surface area contributed by atoms with E-state index in [1.807, 2.05) is 0 Å². The van der Waals surface area contributed by atoms with E-state index in [1.165, 1.54) is 11.1 Å². The van der Waals surface area contributed by atoms with E-state index in [0.717, 1.165) is 6.54 Å². The van der Waals surface area contributed by atoms with E-state index < -0.39 is 0 Å². The zero-order valence-electron chi connectivity index (χ0n) is 10.4. The van der Waals surface area contributed by atoms with Crippen molar-refractivity contribution in [3.05, 3.63) is 41.5 Å². The Morgan fingerprint density at radius 1 is 1.31 bits per heavy atom. The highest BCUT2D eigenvalue weighted by Crippen LogP contribution is 2.61. The molecule has 86 valence electrons. The summed E-state index contributed by atoms with van der Waals surface area (Å²) in [5, 5.41) is 0. The van der Waals surface area contributed by atoms with Crippen LogP contribution < -0.4 is 5.73 Å². The van der Waals surface area contributed by atoms with Gasteiger partial charge in [-0.1, -0.05) is 55.8 Å². The van der Waals surface area contributed by atoms with E-state index in [4.69, 9.17) is 5.73 Å². The average molecular weight is 215 g/mol. The number of benzene rings is 1. The predicted molar refractivity (Wildman–Crippen MR) is 69.9 cm³/mol. The van der Waals surface area contributed by atoms with E-state index >= 15 is 0 Å². The summed E-state index contributed by atoms with van der Waals surface area (Å²) in [7, 11) is 0. The van der Waals surface area contributed by atoms with Crippen molar-refractivity contribution in [2.75, 3.05) is 6.54 Å². The Kier molecular flexibility index (Phi) is 2.90. The van der Waals surface area contributed by atoms with Gasteiger partial charge in [-0.05, 0) is 36.3 Å². The number of hydrogen-bond donors (Lipinski definition) is 1. The van der Waals surface area contributed by atoms with Crippen molar-refractivity contribution in [3.63, 3.8) is 0 Å². The van der Waals surface area contributed by atoms with Crippen LogP contribution in [0.15, 0.2) is 35.9 Å². The van der Waals surface area contributed by atoms with Gasteiger partial charge in [-0.25, -0.2) is 0 Å². The van der Waals surface area contributed by atoms with E-state index in [0.29, 0.717) is 17.3 Å². The summed E-state index contributed by atoms with van der Waals surface area (Å²) >= 11 is 0. The van der Waals surface area contributed by atoms with Crippen LogP contribution in [0.25, 0.3) is 6.08 Å². The molecule has 0 bridgehead atoms. The van der Waals surface area contributed by atoms with Gasteiger partial charge in [0, 0.05) is 0 Å². The first-order valence-corrected chi connectivity index (χ1v) is 6.00. The van der Waals surface area contributed by atoms with Crippen molar-refractivity contribution >= 4 is 6.08 Å². The molecule has 0 aromatic heterocycles. The third-order valence-electron chi connectivity index (χ3n) is 3.99. The molecule has 1 aliphatic rings. The molecule has 1 heteroatoms. The largest absolute Gasteiger partial charge is 0.330 e. The molecule has 1 aromatic carbocycles. The normalized spacial score (nSPS) is 27.9. The zero-order chi connectivity index (χ0) is 11.8. The molecule has 2 N–H and O–H groups in total. The molecule has 0 spiro atoms. The Hall–Kier alpha value is -1.08. The monoisotopic (exact) mass is 215 g/mol. The lowest BCUT2D eigenvalue weighted by Crippen LogP contribution is -2.05. The predicted octanol–water partition coefficient (Wildman–Crippen LogP) is 3.32. The smallest absolute Gasteiger partial charge is 0.00376 e. The molecular weight excluding hydrogens is 194 g/mol. The van der Waals surface area contributed by atoms with Crippen molar-refractivity contribution < 1.29 is 0 Å². The van der Waals surface area contributed by atoms with E-state index in [-0.39, 0.29) is 0 Å². The summed E-state index contributed by atoms with van der Waals surface area (Å²) in [5.41, 5.74) is 8.95. The Morgan fingerprint density at radius 3 is 2.44 bits per heavy atom. The summed E-state index contributed by atoms with van der Waals surface area (Å²) in [6, 6.07) is 10.5. The summed E-state index contributed by atoms with van der Waals surface area (Å²) in [6.07, 6.45) is 2.29. The lowest BCUT2D eigenvalue weighted by Gasteiger charge is -2.03. The summed E-state index contributed by atoms with van der Waals surface area (Å²) in [5.74, 6) is 1.32. The first-order chi connectivity index (χ1) is 7.57. The number of allylic oxidation sites excluding steroid dienone is 1. The van der Waals surface area contributed by atoms with Gasteiger partial charge in [0.15, 0.2) is 0 Å². The van der Waals surface area contributed by atoms with Crippen molar-refractivity contribution in [1.82, 2.24) is 0 Å². The molecule has 1 nitrogen and oxygen atoms in total. The second kappa shape index (κ2) is 4.06. The molecule has 0 aliphatic heterocycles. The third-order valence-corrected chi connectivity index (χ3v) is 3.99. The van der Waals surface area contributed by atoms with Gasteiger partial charge >= 0.3 is 0 Å². The van der Waals surface area contributed by atoms with E-state index in [1.54, 1.807) is 0 Å². The molecule has 1 fully saturated rings. The summed E-state index contributed by atoms with van der Waals surface area (Å²) in [6.45, 7) is 7.67. The second-order valence-corrected chi connectivity index (χ2v) is 5.44. The highest BCUT2D eigenvalue weighted by Gasteiger charge is 2.56. The molecular formula is C15H21N. The van der Waals surface area contributed by atoms with Crippen LogP contribution in [-0.2, 0) is 0 Å². The van der Waals surface area contributed by atoms with Crippen molar-refractivity contribution in [2.45, 2.75) is 20.8 Å². The first-order valence-electron chi connectivity index (χ1n) is 6.00. The van der Waals surface area contributed by atoms with Crippen LogP contribution in [0.2, 0.25) is 0 Å². The Bertz CT molecular complexity index is 389. The Balaban J connectivity index is 2.16.